The maximum atomic E-state index is 5.76. The van der Waals surface area contributed by atoms with Gasteiger partial charge in [0, 0.05) is 12.6 Å². The summed E-state index contributed by atoms with van der Waals surface area (Å²) in [5.41, 5.74) is 1.20. The van der Waals surface area contributed by atoms with Crippen LogP contribution in [0.25, 0.3) is 0 Å². The molecule has 1 aromatic rings. The average molecular weight is 239 g/mol. The SMILES string of the molecule is CCCCOCc1cc(C)c(CNC(C)C)o1. The first-order valence-corrected chi connectivity index (χ1v) is 6.52. The van der Waals surface area contributed by atoms with E-state index in [9.17, 15) is 0 Å². The summed E-state index contributed by atoms with van der Waals surface area (Å²) in [6.45, 7) is 10.7. The molecule has 1 heterocycles. The smallest absolute Gasteiger partial charge is 0.130 e. The predicted molar refractivity (Wildman–Crippen MR) is 70.0 cm³/mol. The Morgan fingerprint density at radius 2 is 2.18 bits per heavy atom. The van der Waals surface area contributed by atoms with E-state index in [1.807, 2.05) is 0 Å². The van der Waals surface area contributed by atoms with Gasteiger partial charge in [0.2, 0.25) is 0 Å². The van der Waals surface area contributed by atoms with Gasteiger partial charge in [0.15, 0.2) is 0 Å². The van der Waals surface area contributed by atoms with Crippen LogP contribution in [0.1, 0.15) is 50.7 Å². The lowest BCUT2D eigenvalue weighted by Crippen LogP contribution is -2.21. The van der Waals surface area contributed by atoms with Crippen molar-refractivity contribution in [2.75, 3.05) is 6.61 Å². The summed E-state index contributed by atoms with van der Waals surface area (Å²) in [6, 6.07) is 2.55. The van der Waals surface area contributed by atoms with E-state index in [-0.39, 0.29) is 0 Å². The molecule has 1 rings (SSSR count). The minimum Gasteiger partial charge on any atom is -0.462 e. The van der Waals surface area contributed by atoms with Crippen molar-refractivity contribution < 1.29 is 9.15 Å². The number of aryl methyl sites for hydroxylation is 1. The molecule has 0 amide bonds. The molecular formula is C14H25NO2. The van der Waals surface area contributed by atoms with Crippen LogP contribution in [0.3, 0.4) is 0 Å². The average Bonchev–Trinajstić information content (AvgIpc) is 2.63. The zero-order chi connectivity index (χ0) is 12.7. The molecule has 17 heavy (non-hydrogen) atoms. The maximum absolute atomic E-state index is 5.76. The number of ether oxygens (including phenoxy) is 1. The second-order valence-electron chi connectivity index (χ2n) is 4.76. The number of hydrogen-bond donors (Lipinski definition) is 1. The van der Waals surface area contributed by atoms with Gasteiger partial charge >= 0.3 is 0 Å². The van der Waals surface area contributed by atoms with Gasteiger partial charge in [-0.2, -0.15) is 0 Å². The van der Waals surface area contributed by atoms with Gasteiger partial charge in [0.1, 0.15) is 18.1 Å². The second-order valence-corrected chi connectivity index (χ2v) is 4.76. The van der Waals surface area contributed by atoms with Gasteiger partial charge in [-0.3, -0.25) is 0 Å². The lowest BCUT2D eigenvalue weighted by molar-refractivity contribution is 0.102. The Morgan fingerprint density at radius 1 is 1.41 bits per heavy atom. The van der Waals surface area contributed by atoms with Gasteiger partial charge in [-0.05, 0) is 25.0 Å². The molecule has 0 aliphatic heterocycles. The van der Waals surface area contributed by atoms with Gasteiger partial charge in [0.05, 0.1) is 6.54 Å². The fourth-order valence-electron chi connectivity index (χ4n) is 1.55. The quantitative estimate of drug-likeness (QED) is 0.706. The van der Waals surface area contributed by atoms with Crippen LogP contribution in [-0.4, -0.2) is 12.6 Å². The van der Waals surface area contributed by atoms with E-state index in [4.69, 9.17) is 9.15 Å². The molecule has 0 aliphatic rings. The summed E-state index contributed by atoms with van der Waals surface area (Å²) >= 11 is 0. The van der Waals surface area contributed by atoms with Crippen molar-refractivity contribution in [2.45, 2.75) is 59.7 Å². The molecule has 0 saturated heterocycles. The maximum Gasteiger partial charge on any atom is 0.130 e. The number of unbranched alkanes of at least 4 members (excludes halogenated alkanes) is 1. The molecule has 0 aliphatic carbocycles. The van der Waals surface area contributed by atoms with Crippen LogP contribution in [0.2, 0.25) is 0 Å². The minimum absolute atomic E-state index is 0.476. The molecule has 0 fully saturated rings. The minimum atomic E-state index is 0.476. The zero-order valence-electron chi connectivity index (χ0n) is 11.5. The first-order valence-electron chi connectivity index (χ1n) is 6.52. The summed E-state index contributed by atoms with van der Waals surface area (Å²) in [5, 5.41) is 3.36. The fraction of sp³-hybridized carbons (Fsp3) is 0.714. The van der Waals surface area contributed by atoms with Crippen LogP contribution in [0.5, 0.6) is 0 Å². The van der Waals surface area contributed by atoms with E-state index >= 15 is 0 Å². The Labute approximate surface area is 105 Å². The molecule has 98 valence electrons. The molecule has 0 atom stereocenters. The second kappa shape index (κ2) is 7.51. The van der Waals surface area contributed by atoms with E-state index in [2.05, 4.69) is 39.1 Å². The molecule has 3 heteroatoms. The van der Waals surface area contributed by atoms with Gasteiger partial charge in [0.25, 0.3) is 0 Å². The highest BCUT2D eigenvalue weighted by molar-refractivity contribution is 5.19. The summed E-state index contributed by atoms with van der Waals surface area (Å²) in [4.78, 5) is 0. The van der Waals surface area contributed by atoms with E-state index in [1.54, 1.807) is 0 Å². The van der Waals surface area contributed by atoms with E-state index in [0.29, 0.717) is 12.6 Å². The van der Waals surface area contributed by atoms with Crippen molar-refractivity contribution in [3.05, 3.63) is 23.2 Å². The van der Waals surface area contributed by atoms with Gasteiger partial charge in [-0.15, -0.1) is 0 Å². The highest BCUT2D eigenvalue weighted by Crippen LogP contribution is 2.15. The molecule has 1 N–H and O–H groups in total. The normalized spacial score (nSPS) is 11.4. The third-order valence-corrected chi connectivity index (χ3v) is 2.63. The zero-order valence-corrected chi connectivity index (χ0v) is 11.5. The number of rotatable bonds is 8. The first-order chi connectivity index (χ1) is 8.13. The highest BCUT2D eigenvalue weighted by Gasteiger charge is 2.07. The fourth-order valence-corrected chi connectivity index (χ4v) is 1.55. The summed E-state index contributed by atoms with van der Waals surface area (Å²) < 4.78 is 11.3. The van der Waals surface area contributed by atoms with Crippen LogP contribution in [0.15, 0.2) is 10.5 Å². The molecule has 0 unspecified atom stereocenters. The third-order valence-electron chi connectivity index (χ3n) is 2.63. The number of furan rings is 1. The Hall–Kier alpha value is -0.800. The molecule has 0 radical (unpaired) electrons. The largest absolute Gasteiger partial charge is 0.462 e. The monoisotopic (exact) mass is 239 g/mol. The van der Waals surface area contributed by atoms with Crippen LogP contribution in [-0.2, 0) is 17.9 Å². The Morgan fingerprint density at radius 3 is 2.82 bits per heavy atom. The molecule has 0 aromatic carbocycles. The summed E-state index contributed by atoms with van der Waals surface area (Å²) in [6.07, 6.45) is 2.28. The number of hydrogen-bond acceptors (Lipinski definition) is 3. The van der Waals surface area contributed by atoms with Crippen LogP contribution in [0, 0.1) is 6.92 Å². The Balaban J connectivity index is 2.38. The van der Waals surface area contributed by atoms with Crippen molar-refractivity contribution in [2.24, 2.45) is 0 Å². The van der Waals surface area contributed by atoms with Gasteiger partial charge in [-0.1, -0.05) is 27.2 Å². The Bertz CT molecular complexity index is 318. The summed E-state index contributed by atoms with van der Waals surface area (Å²) in [7, 11) is 0. The van der Waals surface area contributed by atoms with E-state index in [1.165, 1.54) is 12.0 Å². The van der Waals surface area contributed by atoms with Crippen molar-refractivity contribution in [3.8, 4) is 0 Å². The topological polar surface area (TPSA) is 34.4 Å². The Kier molecular flexibility index (Phi) is 6.30. The van der Waals surface area contributed by atoms with Crippen LogP contribution >= 0.6 is 0 Å². The van der Waals surface area contributed by atoms with Gasteiger partial charge in [-0.25, -0.2) is 0 Å². The molecule has 0 saturated carbocycles. The van der Waals surface area contributed by atoms with Crippen molar-refractivity contribution >= 4 is 0 Å². The summed E-state index contributed by atoms with van der Waals surface area (Å²) in [5.74, 6) is 1.95. The lowest BCUT2D eigenvalue weighted by atomic mass is 10.2. The molecule has 1 aromatic heterocycles. The highest BCUT2D eigenvalue weighted by atomic mass is 16.5. The van der Waals surface area contributed by atoms with Crippen molar-refractivity contribution in [3.63, 3.8) is 0 Å². The molecule has 0 bridgehead atoms. The van der Waals surface area contributed by atoms with E-state index in [0.717, 1.165) is 31.1 Å². The predicted octanol–water partition coefficient (Wildman–Crippen LogP) is 3.40. The third kappa shape index (κ3) is 5.37. The standard InChI is InChI=1S/C14H25NO2/c1-5-6-7-16-10-13-8-12(4)14(17-13)9-15-11(2)3/h8,11,15H,5-7,9-10H2,1-4H3. The van der Waals surface area contributed by atoms with E-state index < -0.39 is 0 Å². The van der Waals surface area contributed by atoms with Crippen molar-refractivity contribution in [1.82, 2.24) is 5.32 Å². The number of nitrogens with one attached hydrogen (secondary N) is 1. The van der Waals surface area contributed by atoms with Gasteiger partial charge < -0.3 is 14.5 Å². The van der Waals surface area contributed by atoms with Crippen LogP contribution < -0.4 is 5.32 Å². The van der Waals surface area contributed by atoms with Crippen molar-refractivity contribution in [1.29, 1.82) is 0 Å². The lowest BCUT2D eigenvalue weighted by Gasteiger charge is -2.06. The first kappa shape index (κ1) is 14.3. The molecular weight excluding hydrogens is 214 g/mol. The molecule has 0 spiro atoms. The molecule has 3 nitrogen and oxygen atoms in total. The van der Waals surface area contributed by atoms with Crippen LogP contribution in [0.4, 0.5) is 0 Å².